The van der Waals surface area contributed by atoms with Crippen molar-refractivity contribution in [2.75, 3.05) is 19.0 Å². The smallest absolute Gasteiger partial charge is 0.341 e. The molecule has 2 aromatic carbocycles. The number of esters is 2. The lowest BCUT2D eigenvalue weighted by Gasteiger charge is -2.20. The fourth-order valence-electron chi connectivity index (χ4n) is 3.89. The van der Waals surface area contributed by atoms with Crippen LogP contribution in [0.1, 0.15) is 53.7 Å². The minimum atomic E-state index is -0.484. The van der Waals surface area contributed by atoms with Crippen LogP contribution in [0.2, 0.25) is 5.02 Å². The zero-order chi connectivity index (χ0) is 25.5. The van der Waals surface area contributed by atoms with Gasteiger partial charge in [-0.15, -0.1) is 0 Å². The summed E-state index contributed by atoms with van der Waals surface area (Å²) >= 11 is 6.04. The molecule has 2 N–H and O–H groups in total. The average Bonchev–Trinajstić information content (AvgIpc) is 3.21. The van der Waals surface area contributed by atoms with Crippen molar-refractivity contribution in [2.45, 2.75) is 46.6 Å². The van der Waals surface area contributed by atoms with E-state index in [9.17, 15) is 14.4 Å². The number of hydrogen-bond donors (Lipinski definition) is 2. The maximum atomic E-state index is 12.5. The largest absolute Gasteiger partial charge is 0.496 e. The molecule has 0 fully saturated rings. The molecule has 0 spiro atoms. The Hall–Kier alpha value is -3.52. The molecule has 0 atom stereocenters. The van der Waals surface area contributed by atoms with Gasteiger partial charge >= 0.3 is 18.0 Å². The first kappa shape index (κ1) is 26.1. The topological polar surface area (TPSA) is 103 Å². The molecule has 1 aliphatic rings. The molecular weight excluding hydrogens is 472 g/mol. The van der Waals surface area contributed by atoms with Gasteiger partial charge in [-0.1, -0.05) is 35.4 Å². The minimum Gasteiger partial charge on any atom is -0.496 e. The Bertz CT molecular complexity index is 1170. The van der Waals surface area contributed by atoms with Gasteiger partial charge in [0.1, 0.15) is 18.1 Å². The van der Waals surface area contributed by atoms with E-state index in [-0.39, 0.29) is 13.0 Å². The van der Waals surface area contributed by atoms with Crippen molar-refractivity contribution in [1.29, 1.82) is 0 Å². The maximum absolute atomic E-state index is 12.5. The number of anilines is 1. The predicted octanol–water partition coefficient (Wildman–Crippen LogP) is 5.34. The molecule has 1 heterocycles. The van der Waals surface area contributed by atoms with Crippen molar-refractivity contribution in [2.24, 2.45) is 0 Å². The van der Waals surface area contributed by atoms with Crippen LogP contribution in [0.25, 0.3) is 0 Å². The summed E-state index contributed by atoms with van der Waals surface area (Å²) in [5.74, 6) is 0.0307. The average molecular weight is 501 g/mol. The number of hydrogen-bond acceptors (Lipinski definition) is 6. The van der Waals surface area contributed by atoms with Gasteiger partial charge in [-0.3, -0.25) is 4.79 Å². The highest BCUT2D eigenvalue weighted by Gasteiger charge is 2.32. The van der Waals surface area contributed by atoms with Crippen LogP contribution in [-0.2, 0) is 22.6 Å². The van der Waals surface area contributed by atoms with E-state index < -0.39 is 18.0 Å². The lowest BCUT2D eigenvalue weighted by Crippen LogP contribution is -2.29. The van der Waals surface area contributed by atoms with Crippen LogP contribution in [0, 0.1) is 6.92 Å². The van der Waals surface area contributed by atoms with Gasteiger partial charge in [0.25, 0.3) is 0 Å². The summed E-state index contributed by atoms with van der Waals surface area (Å²) in [6.45, 7) is 6.13. The number of fused-ring (bicyclic) bond motifs is 1. The van der Waals surface area contributed by atoms with E-state index in [1.807, 2.05) is 19.9 Å². The van der Waals surface area contributed by atoms with Gasteiger partial charge in [-0.05, 0) is 51.3 Å². The van der Waals surface area contributed by atoms with Crippen molar-refractivity contribution in [3.63, 3.8) is 0 Å². The van der Waals surface area contributed by atoms with Gasteiger partial charge in [0.15, 0.2) is 0 Å². The number of carbonyl (C=O) groups is 3. The number of urea groups is 1. The van der Waals surface area contributed by atoms with Crippen LogP contribution >= 0.6 is 11.6 Å². The van der Waals surface area contributed by atoms with Crippen LogP contribution in [0.3, 0.4) is 0 Å². The number of ether oxygens (including phenoxy) is 3. The molecule has 3 rings (SSSR count). The molecule has 0 bridgehead atoms. The van der Waals surface area contributed by atoms with Gasteiger partial charge in [0.2, 0.25) is 0 Å². The number of halogens is 1. The van der Waals surface area contributed by atoms with Crippen LogP contribution in [-0.4, -0.2) is 31.6 Å². The summed E-state index contributed by atoms with van der Waals surface area (Å²) in [6.07, 6.45) is 2.95. The molecule has 0 aromatic heterocycles. The number of para-hydroxylation sites is 1. The number of allylic oxidation sites excluding steroid dienone is 2. The van der Waals surface area contributed by atoms with Gasteiger partial charge in [0, 0.05) is 24.1 Å². The molecule has 2 aromatic rings. The molecular formula is C26H29ClN2O6. The molecule has 186 valence electrons. The number of methoxy groups -OCH3 is 1. The summed E-state index contributed by atoms with van der Waals surface area (Å²) in [6, 6.07) is 6.37. The third-order valence-electron chi connectivity index (χ3n) is 5.69. The third-order valence-corrected chi connectivity index (χ3v) is 6.00. The van der Waals surface area contributed by atoms with E-state index in [0.717, 1.165) is 11.1 Å². The summed E-state index contributed by atoms with van der Waals surface area (Å²) in [7, 11) is 1.55. The quantitative estimate of drug-likeness (QED) is 0.273. The molecule has 0 saturated heterocycles. The fourth-order valence-corrected chi connectivity index (χ4v) is 4.06. The van der Waals surface area contributed by atoms with Gasteiger partial charge in [0.05, 0.1) is 23.4 Å². The van der Waals surface area contributed by atoms with Crippen molar-refractivity contribution < 1.29 is 28.6 Å². The number of rotatable bonds is 9. The number of benzene rings is 2. The number of cyclic esters (lactones) is 1. The van der Waals surface area contributed by atoms with Crippen molar-refractivity contribution in [3.05, 3.63) is 63.2 Å². The van der Waals surface area contributed by atoms with E-state index in [1.54, 1.807) is 38.3 Å². The Kier molecular flexibility index (Phi) is 8.76. The van der Waals surface area contributed by atoms with Crippen molar-refractivity contribution in [1.82, 2.24) is 5.32 Å². The Labute approximate surface area is 209 Å². The first-order valence-corrected chi connectivity index (χ1v) is 11.7. The van der Waals surface area contributed by atoms with Crippen LogP contribution in [0.15, 0.2) is 35.9 Å². The highest BCUT2D eigenvalue weighted by molar-refractivity contribution is 6.32. The standard InChI is InChI=1S/C26H29ClN2O6/c1-5-28-26(32)29-23-17(24(33-4)16(3)18-14-34-25(31)22(18)23)12-10-15(2)11-13-21(30)35-20-9-7-6-8-19(20)27/h6-10H,5,11-14H2,1-4H3,(H2,28,29,32). The zero-order valence-electron chi connectivity index (χ0n) is 20.2. The number of nitrogens with one attached hydrogen (secondary N) is 2. The SMILES string of the molecule is CCNC(=O)Nc1c(CC=C(C)CCC(=O)Oc2ccccc2Cl)c(OC)c(C)c2c1C(=O)OC2. The highest BCUT2D eigenvalue weighted by Crippen LogP contribution is 2.41. The van der Waals surface area contributed by atoms with E-state index in [0.29, 0.717) is 58.3 Å². The Morgan fingerprint density at radius 1 is 1.23 bits per heavy atom. The summed E-state index contributed by atoms with van der Waals surface area (Å²) < 4.78 is 16.3. The van der Waals surface area contributed by atoms with Crippen molar-refractivity contribution in [3.8, 4) is 11.5 Å². The van der Waals surface area contributed by atoms with E-state index in [2.05, 4.69) is 10.6 Å². The molecule has 0 aliphatic carbocycles. The van der Waals surface area contributed by atoms with E-state index in [4.69, 9.17) is 25.8 Å². The third kappa shape index (κ3) is 6.14. The highest BCUT2D eigenvalue weighted by atomic mass is 35.5. The molecule has 0 unspecified atom stereocenters. The minimum absolute atomic E-state index is 0.128. The summed E-state index contributed by atoms with van der Waals surface area (Å²) in [5.41, 5.74) is 3.81. The molecule has 2 amide bonds. The molecule has 8 nitrogen and oxygen atoms in total. The predicted molar refractivity (Wildman–Crippen MR) is 133 cm³/mol. The normalized spacial score (nSPS) is 12.6. The molecule has 35 heavy (non-hydrogen) atoms. The second-order valence-corrected chi connectivity index (χ2v) is 8.49. The lowest BCUT2D eigenvalue weighted by molar-refractivity contribution is -0.134. The molecule has 1 aliphatic heterocycles. The second kappa shape index (κ2) is 11.8. The zero-order valence-corrected chi connectivity index (χ0v) is 21.0. The van der Waals surface area contributed by atoms with Gasteiger partial charge < -0.3 is 24.8 Å². The lowest BCUT2D eigenvalue weighted by atomic mass is 9.93. The van der Waals surface area contributed by atoms with Gasteiger partial charge in [-0.2, -0.15) is 0 Å². The Morgan fingerprint density at radius 2 is 1.97 bits per heavy atom. The van der Waals surface area contributed by atoms with Gasteiger partial charge in [-0.25, -0.2) is 9.59 Å². The number of carbonyl (C=O) groups excluding carboxylic acids is 3. The first-order valence-electron chi connectivity index (χ1n) is 11.3. The molecule has 0 saturated carbocycles. The maximum Gasteiger partial charge on any atom is 0.341 e. The fraction of sp³-hybridized carbons (Fsp3) is 0.346. The van der Waals surface area contributed by atoms with Crippen LogP contribution in [0.4, 0.5) is 10.5 Å². The Balaban J connectivity index is 1.81. The van der Waals surface area contributed by atoms with E-state index >= 15 is 0 Å². The summed E-state index contributed by atoms with van der Waals surface area (Å²) in [4.78, 5) is 37.1. The second-order valence-electron chi connectivity index (χ2n) is 8.09. The van der Waals surface area contributed by atoms with Crippen molar-refractivity contribution >= 4 is 35.3 Å². The van der Waals surface area contributed by atoms with E-state index in [1.165, 1.54) is 0 Å². The molecule has 0 radical (unpaired) electrons. The monoisotopic (exact) mass is 500 g/mol. The van der Waals surface area contributed by atoms with Crippen LogP contribution < -0.4 is 20.1 Å². The molecule has 9 heteroatoms. The summed E-state index contributed by atoms with van der Waals surface area (Å²) in [5, 5.41) is 5.86. The number of amides is 2. The van der Waals surface area contributed by atoms with Crippen LogP contribution in [0.5, 0.6) is 11.5 Å². The first-order chi connectivity index (χ1) is 16.8. The Morgan fingerprint density at radius 3 is 2.66 bits per heavy atom.